The van der Waals surface area contributed by atoms with Crippen molar-refractivity contribution in [3.63, 3.8) is 0 Å². The monoisotopic (exact) mass is 178 g/mol. The molecule has 0 saturated carbocycles. The van der Waals surface area contributed by atoms with Crippen molar-refractivity contribution < 1.29 is 0 Å². The molecule has 1 heterocycles. The third-order valence-electron chi connectivity index (χ3n) is 2.02. The highest BCUT2D eigenvalue weighted by Crippen LogP contribution is 2.30. The molecule has 62 valence electrons. The number of fused-ring (bicyclic) bond motifs is 1. The number of nitrogens with zero attached hydrogens (tertiary/aromatic N) is 1. The molecular formula is C9H10N2S. The molecule has 0 unspecified atom stereocenters. The summed E-state index contributed by atoms with van der Waals surface area (Å²) in [5.74, 6) is 0. The minimum absolute atomic E-state index is 0.835. The van der Waals surface area contributed by atoms with E-state index >= 15 is 0 Å². The molecule has 2 rings (SSSR count). The number of anilines is 1. The Morgan fingerprint density at radius 1 is 1.33 bits per heavy atom. The van der Waals surface area contributed by atoms with E-state index in [-0.39, 0.29) is 0 Å². The van der Waals surface area contributed by atoms with Crippen molar-refractivity contribution in [1.29, 1.82) is 0 Å². The maximum absolute atomic E-state index is 5.84. The Morgan fingerprint density at radius 2 is 2.08 bits per heavy atom. The van der Waals surface area contributed by atoms with Crippen LogP contribution in [0.4, 0.5) is 5.69 Å². The maximum Gasteiger partial charge on any atom is 0.0610 e. The van der Waals surface area contributed by atoms with E-state index in [0.717, 1.165) is 16.8 Å². The second kappa shape index (κ2) is 2.45. The van der Waals surface area contributed by atoms with Crippen molar-refractivity contribution in [3.05, 3.63) is 23.4 Å². The minimum atomic E-state index is 0.835. The van der Waals surface area contributed by atoms with Gasteiger partial charge in [0, 0.05) is 11.1 Å². The van der Waals surface area contributed by atoms with Gasteiger partial charge in [-0.25, -0.2) is 0 Å². The lowest BCUT2D eigenvalue weighted by atomic mass is 10.1. The molecule has 0 fully saturated rings. The molecule has 2 N–H and O–H groups in total. The van der Waals surface area contributed by atoms with Crippen molar-refractivity contribution in [2.75, 3.05) is 5.73 Å². The fraction of sp³-hybridized carbons (Fsp3) is 0.222. The molecule has 0 bridgehead atoms. The predicted octanol–water partition coefficient (Wildman–Crippen LogP) is 2.50. The molecule has 0 radical (unpaired) electrons. The molecule has 2 nitrogen and oxygen atoms in total. The van der Waals surface area contributed by atoms with E-state index in [2.05, 4.69) is 11.3 Å². The highest BCUT2D eigenvalue weighted by molar-refractivity contribution is 7.13. The standard InChI is InChI=1S/C9H10N2S/c1-5-3-4-7(10)8-6(2)11-12-9(5)8/h3-4H,10H2,1-2H3. The van der Waals surface area contributed by atoms with E-state index in [9.17, 15) is 0 Å². The van der Waals surface area contributed by atoms with Gasteiger partial charge in [-0.2, -0.15) is 4.37 Å². The molecule has 3 heteroatoms. The second-order valence-corrected chi connectivity index (χ2v) is 3.72. The smallest absolute Gasteiger partial charge is 0.0610 e. The van der Waals surface area contributed by atoms with Gasteiger partial charge in [0.2, 0.25) is 0 Å². The Kier molecular flexibility index (Phi) is 1.54. The van der Waals surface area contributed by atoms with Crippen molar-refractivity contribution in [1.82, 2.24) is 4.37 Å². The van der Waals surface area contributed by atoms with Gasteiger partial charge in [-0.1, -0.05) is 6.07 Å². The number of hydrogen-bond acceptors (Lipinski definition) is 3. The van der Waals surface area contributed by atoms with Crippen LogP contribution in [0.25, 0.3) is 10.1 Å². The zero-order valence-electron chi connectivity index (χ0n) is 7.09. The fourth-order valence-corrected chi connectivity index (χ4v) is 2.24. The Balaban J connectivity index is 2.98. The third kappa shape index (κ3) is 0.898. The normalized spacial score (nSPS) is 10.8. The van der Waals surface area contributed by atoms with Crippen molar-refractivity contribution in [2.24, 2.45) is 0 Å². The van der Waals surface area contributed by atoms with Gasteiger partial charge in [0.1, 0.15) is 0 Å². The van der Waals surface area contributed by atoms with Crippen LogP contribution < -0.4 is 5.73 Å². The summed E-state index contributed by atoms with van der Waals surface area (Å²) in [6.45, 7) is 4.08. The van der Waals surface area contributed by atoms with E-state index in [0.29, 0.717) is 0 Å². The zero-order valence-corrected chi connectivity index (χ0v) is 7.90. The first-order chi connectivity index (χ1) is 5.70. The number of benzene rings is 1. The highest BCUT2D eigenvalue weighted by atomic mass is 32.1. The lowest BCUT2D eigenvalue weighted by molar-refractivity contribution is 1.37. The van der Waals surface area contributed by atoms with Crippen LogP contribution in [0.1, 0.15) is 11.3 Å². The first-order valence-electron chi connectivity index (χ1n) is 3.81. The van der Waals surface area contributed by atoms with Crippen molar-refractivity contribution >= 4 is 27.3 Å². The summed E-state index contributed by atoms with van der Waals surface area (Å²) in [6, 6.07) is 3.98. The summed E-state index contributed by atoms with van der Waals surface area (Å²) in [4.78, 5) is 0. The van der Waals surface area contributed by atoms with E-state index in [4.69, 9.17) is 5.73 Å². The second-order valence-electron chi connectivity index (χ2n) is 2.94. The molecule has 0 aliphatic heterocycles. The lowest BCUT2D eigenvalue weighted by Crippen LogP contribution is -1.87. The Bertz CT molecular complexity index is 431. The fourth-order valence-electron chi connectivity index (χ4n) is 1.35. The molecule has 0 spiro atoms. The topological polar surface area (TPSA) is 38.9 Å². The van der Waals surface area contributed by atoms with Crippen LogP contribution in [0, 0.1) is 13.8 Å². The molecule has 1 aromatic heterocycles. The van der Waals surface area contributed by atoms with Gasteiger partial charge in [0.25, 0.3) is 0 Å². The lowest BCUT2D eigenvalue weighted by Gasteiger charge is -1.98. The van der Waals surface area contributed by atoms with Crippen LogP contribution in [0.3, 0.4) is 0 Å². The van der Waals surface area contributed by atoms with Crippen molar-refractivity contribution in [3.8, 4) is 0 Å². The van der Waals surface area contributed by atoms with Crippen LogP contribution in [0.15, 0.2) is 12.1 Å². The summed E-state index contributed by atoms with van der Waals surface area (Å²) >= 11 is 1.52. The Hall–Kier alpha value is -1.09. The van der Waals surface area contributed by atoms with E-state index < -0.39 is 0 Å². The molecule has 0 aliphatic rings. The van der Waals surface area contributed by atoms with Gasteiger partial charge in [0.05, 0.1) is 10.4 Å². The minimum Gasteiger partial charge on any atom is -0.398 e. The maximum atomic E-state index is 5.84. The first-order valence-corrected chi connectivity index (χ1v) is 4.58. The molecular weight excluding hydrogens is 168 g/mol. The van der Waals surface area contributed by atoms with Crippen molar-refractivity contribution in [2.45, 2.75) is 13.8 Å². The summed E-state index contributed by atoms with van der Waals surface area (Å²) < 4.78 is 5.49. The van der Waals surface area contributed by atoms with Crippen LogP contribution in [0.2, 0.25) is 0 Å². The number of aromatic nitrogens is 1. The molecule has 0 amide bonds. The van der Waals surface area contributed by atoms with Gasteiger partial charge in [-0.3, -0.25) is 0 Å². The van der Waals surface area contributed by atoms with Gasteiger partial charge in [0.15, 0.2) is 0 Å². The SMILES string of the molecule is Cc1ccc(N)c2c(C)nsc12. The van der Waals surface area contributed by atoms with Crippen LogP contribution in [-0.2, 0) is 0 Å². The molecule has 0 saturated heterocycles. The number of rotatable bonds is 0. The summed E-state index contributed by atoms with van der Waals surface area (Å²) in [5, 5.41) is 1.12. The first kappa shape index (κ1) is 7.55. The Labute approximate surface area is 75.2 Å². The molecule has 1 aromatic carbocycles. The summed E-state index contributed by atoms with van der Waals surface area (Å²) in [5.41, 5.74) is 8.96. The number of aryl methyl sites for hydroxylation is 2. The third-order valence-corrected chi connectivity index (χ3v) is 3.10. The van der Waals surface area contributed by atoms with E-state index in [1.165, 1.54) is 21.8 Å². The van der Waals surface area contributed by atoms with Crippen LogP contribution >= 0.6 is 11.5 Å². The number of nitrogens with two attached hydrogens (primary N) is 1. The van der Waals surface area contributed by atoms with E-state index in [1.807, 2.05) is 19.1 Å². The van der Waals surface area contributed by atoms with Gasteiger partial charge < -0.3 is 5.73 Å². The predicted molar refractivity (Wildman–Crippen MR) is 53.5 cm³/mol. The molecule has 0 atom stereocenters. The quantitative estimate of drug-likeness (QED) is 0.629. The largest absolute Gasteiger partial charge is 0.398 e. The van der Waals surface area contributed by atoms with Gasteiger partial charge >= 0.3 is 0 Å². The van der Waals surface area contributed by atoms with Crippen LogP contribution in [0.5, 0.6) is 0 Å². The number of nitrogen functional groups attached to an aromatic ring is 1. The van der Waals surface area contributed by atoms with Crippen LogP contribution in [-0.4, -0.2) is 4.37 Å². The zero-order chi connectivity index (χ0) is 8.72. The number of hydrogen-bond donors (Lipinski definition) is 1. The summed E-state index contributed by atoms with van der Waals surface area (Å²) in [7, 11) is 0. The highest BCUT2D eigenvalue weighted by Gasteiger charge is 2.06. The van der Waals surface area contributed by atoms with Gasteiger partial charge in [-0.05, 0) is 37.0 Å². The molecule has 0 aliphatic carbocycles. The van der Waals surface area contributed by atoms with Gasteiger partial charge in [-0.15, -0.1) is 0 Å². The molecule has 12 heavy (non-hydrogen) atoms. The average Bonchev–Trinajstić information content (AvgIpc) is 2.42. The Morgan fingerprint density at radius 3 is 2.75 bits per heavy atom. The molecule has 2 aromatic rings. The summed E-state index contributed by atoms with van der Waals surface area (Å²) in [6.07, 6.45) is 0. The van der Waals surface area contributed by atoms with E-state index in [1.54, 1.807) is 0 Å². The average molecular weight is 178 g/mol.